The van der Waals surface area contributed by atoms with Crippen molar-refractivity contribution in [2.45, 2.75) is 12.6 Å². The van der Waals surface area contributed by atoms with Crippen LogP contribution in [-0.4, -0.2) is 37.7 Å². The molecule has 0 unspecified atom stereocenters. The van der Waals surface area contributed by atoms with E-state index < -0.39 is 11.7 Å². The second kappa shape index (κ2) is 7.47. The number of aromatic nitrogens is 2. The quantitative estimate of drug-likeness (QED) is 0.658. The van der Waals surface area contributed by atoms with Crippen molar-refractivity contribution in [2.24, 2.45) is 0 Å². The summed E-state index contributed by atoms with van der Waals surface area (Å²) in [7, 11) is 4.51. The minimum atomic E-state index is -4.50. The molecule has 0 atom stereocenters. The lowest BCUT2D eigenvalue weighted by atomic mass is 10.1. The van der Waals surface area contributed by atoms with Crippen molar-refractivity contribution in [3.05, 3.63) is 47.5 Å². The van der Waals surface area contributed by atoms with E-state index in [-0.39, 0.29) is 5.69 Å². The Morgan fingerprint density at radius 2 is 1.67 bits per heavy atom. The average Bonchev–Trinajstić information content (AvgIpc) is 3.34. The number of hydrogen-bond acceptors (Lipinski definition) is 5. The molecule has 3 aromatic rings. The Morgan fingerprint density at radius 1 is 1.00 bits per heavy atom. The number of methoxy groups -OCH3 is 3. The van der Waals surface area contributed by atoms with Crippen LogP contribution in [0.5, 0.6) is 17.2 Å². The van der Waals surface area contributed by atoms with Gasteiger partial charge in [-0.1, -0.05) is 12.1 Å². The number of rotatable bonds is 5. The number of benzene rings is 2. The molecule has 0 aliphatic carbocycles. The van der Waals surface area contributed by atoms with E-state index >= 15 is 0 Å². The number of alkyl halides is 3. The molecule has 6 nitrogen and oxygen atoms in total. The van der Waals surface area contributed by atoms with Gasteiger partial charge in [0.1, 0.15) is 5.82 Å². The first kappa shape index (κ1) is 19.9. The number of nitrogens with one attached hydrogen (secondary N) is 1. The summed E-state index contributed by atoms with van der Waals surface area (Å²) in [6.45, 7) is 0.610. The fourth-order valence-corrected chi connectivity index (χ4v) is 3.70. The molecule has 1 aliphatic heterocycles. The van der Waals surface area contributed by atoms with E-state index in [1.807, 2.05) is 0 Å². The van der Waals surface area contributed by atoms with Crippen LogP contribution in [0, 0.1) is 0 Å². The van der Waals surface area contributed by atoms with Gasteiger partial charge in [-0.2, -0.15) is 18.3 Å². The molecule has 1 aromatic heterocycles. The molecule has 2 heterocycles. The average molecular weight is 419 g/mol. The predicted octanol–water partition coefficient (Wildman–Crippen LogP) is 4.55. The Bertz CT molecular complexity index is 1070. The van der Waals surface area contributed by atoms with E-state index in [0.717, 1.165) is 11.6 Å². The fourth-order valence-electron chi connectivity index (χ4n) is 3.70. The Balaban J connectivity index is 1.93. The van der Waals surface area contributed by atoms with Gasteiger partial charge in [0, 0.05) is 17.7 Å². The van der Waals surface area contributed by atoms with E-state index in [9.17, 15) is 13.2 Å². The molecule has 0 amide bonds. The molecule has 2 aromatic carbocycles. The summed E-state index contributed by atoms with van der Waals surface area (Å²) >= 11 is 0. The second-order valence-corrected chi connectivity index (χ2v) is 6.69. The van der Waals surface area contributed by atoms with Gasteiger partial charge in [0.05, 0.1) is 38.3 Å². The summed E-state index contributed by atoms with van der Waals surface area (Å²) < 4.78 is 58.3. The minimum absolute atomic E-state index is 0.0330. The topological polar surface area (TPSA) is 57.5 Å². The smallest absolute Gasteiger partial charge is 0.418 e. The minimum Gasteiger partial charge on any atom is -0.493 e. The molecule has 1 N–H and O–H groups in total. The third-order valence-corrected chi connectivity index (χ3v) is 5.03. The van der Waals surface area contributed by atoms with Gasteiger partial charge < -0.3 is 19.5 Å². The highest BCUT2D eigenvalue weighted by atomic mass is 19.4. The zero-order chi connectivity index (χ0) is 21.5. The van der Waals surface area contributed by atoms with Crippen LogP contribution in [0.15, 0.2) is 36.4 Å². The van der Waals surface area contributed by atoms with Crippen LogP contribution in [0.1, 0.15) is 11.1 Å². The van der Waals surface area contributed by atoms with Crippen LogP contribution < -0.4 is 19.5 Å². The van der Waals surface area contributed by atoms with Crippen LogP contribution in [0.25, 0.3) is 16.9 Å². The molecule has 158 valence electrons. The van der Waals surface area contributed by atoms with E-state index in [0.29, 0.717) is 47.3 Å². The van der Waals surface area contributed by atoms with Gasteiger partial charge in [0.2, 0.25) is 5.75 Å². The summed E-state index contributed by atoms with van der Waals surface area (Å²) in [4.78, 5) is 0. The highest BCUT2D eigenvalue weighted by molar-refractivity contribution is 5.76. The predicted molar refractivity (Wildman–Crippen MR) is 106 cm³/mol. The summed E-state index contributed by atoms with van der Waals surface area (Å²) in [5, 5.41) is 7.72. The third-order valence-electron chi connectivity index (χ3n) is 5.03. The fraction of sp³-hybridized carbons (Fsp3) is 0.286. The van der Waals surface area contributed by atoms with Crippen molar-refractivity contribution in [1.29, 1.82) is 0 Å². The van der Waals surface area contributed by atoms with Crippen LogP contribution >= 0.6 is 0 Å². The maximum atomic E-state index is 13.6. The maximum absolute atomic E-state index is 13.6. The summed E-state index contributed by atoms with van der Waals surface area (Å²) in [5.74, 6) is 1.87. The molecule has 0 saturated carbocycles. The van der Waals surface area contributed by atoms with Gasteiger partial charge in [-0.05, 0) is 30.7 Å². The van der Waals surface area contributed by atoms with Crippen LogP contribution in [0.2, 0.25) is 0 Å². The molecule has 0 radical (unpaired) electrons. The van der Waals surface area contributed by atoms with E-state index in [1.165, 1.54) is 38.1 Å². The van der Waals surface area contributed by atoms with Crippen molar-refractivity contribution in [1.82, 2.24) is 9.78 Å². The lowest BCUT2D eigenvalue weighted by Gasteiger charge is -2.14. The van der Waals surface area contributed by atoms with Crippen molar-refractivity contribution in [3.8, 4) is 34.2 Å². The molecule has 0 bridgehead atoms. The van der Waals surface area contributed by atoms with Gasteiger partial charge in [0.25, 0.3) is 0 Å². The van der Waals surface area contributed by atoms with Gasteiger partial charge in [0.15, 0.2) is 11.5 Å². The van der Waals surface area contributed by atoms with E-state index in [4.69, 9.17) is 14.2 Å². The zero-order valence-corrected chi connectivity index (χ0v) is 16.6. The Morgan fingerprint density at radius 3 is 2.27 bits per heavy atom. The number of hydrogen-bond donors (Lipinski definition) is 1. The Labute approximate surface area is 171 Å². The van der Waals surface area contributed by atoms with Crippen LogP contribution in [0.4, 0.5) is 19.0 Å². The number of para-hydroxylation sites is 1. The largest absolute Gasteiger partial charge is 0.493 e. The van der Waals surface area contributed by atoms with Crippen molar-refractivity contribution in [3.63, 3.8) is 0 Å². The van der Waals surface area contributed by atoms with Crippen LogP contribution in [0.3, 0.4) is 0 Å². The molecule has 1 aliphatic rings. The monoisotopic (exact) mass is 419 g/mol. The first-order chi connectivity index (χ1) is 14.4. The second-order valence-electron chi connectivity index (χ2n) is 6.69. The van der Waals surface area contributed by atoms with E-state index in [2.05, 4.69) is 10.4 Å². The molecule has 0 fully saturated rings. The van der Waals surface area contributed by atoms with Gasteiger partial charge in [-0.25, -0.2) is 4.68 Å². The maximum Gasteiger partial charge on any atom is 0.418 e. The van der Waals surface area contributed by atoms with Gasteiger partial charge in [-0.3, -0.25) is 0 Å². The molecule has 0 spiro atoms. The molecular weight excluding hydrogens is 399 g/mol. The highest BCUT2D eigenvalue weighted by Crippen LogP contribution is 2.44. The number of halogens is 3. The van der Waals surface area contributed by atoms with Crippen molar-refractivity contribution < 1.29 is 27.4 Å². The van der Waals surface area contributed by atoms with E-state index in [1.54, 1.807) is 18.2 Å². The lowest BCUT2D eigenvalue weighted by molar-refractivity contribution is -0.137. The summed E-state index contributed by atoms with van der Waals surface area (Å²) in [6, 6.07) is 8.87. The number of fused-ring (bicyclic) bond motifs is 1. The highest BCUT2D eigenvalue weighted by Gasteiger charge is 2.35. The first-order valence-electron chi connectivity index (χ1n) is 9.21. The molecule has 30 heavy (non-hydrogen) atoms. The standard InChI is InChI=1S/C21H20F3N3O3/c1-28-16-10-12(11-17(29-2)19(16)30-3)18-13-8-9-25-20(13)27(26-18)15-7-5-4-6-14(15)21(22,23)24/h4-7,10-11,25H,8-9H2,1-3H3. The molecule has 0 saturated heterocycles. The Kier molecular flexibility index (Phi) is 4.97. The lowest BCUT2D eigenvalue weighted by Crippen LogP contribution is -2.13. The van der Waals surface area contributed by atoms with Gasteiger partial charge in [-0.15, -0.1) is 0 Å². The molecule has 4 rings (SSSR count). The normalized spacial score (nSPS) is 13.0. The molecule has 9 heteroatoms. The van der Waals surface area contributed by atoms with Crippen molar-refractivity contribution in [2.75, 3.05) is 33.2 Å². The summed E-state index contributed by atoms with van der Waals surface area (Å²) in [5.41, 5.74) is 1.27. The Hall–Kier alpha value is -3.36. The number of ether oxygens (including phenoxy) is 3. The van der Waals surface area contributed by atoms with Crippen LogP contribution in [-0.2, 0) is 12.6 Å². The zero-order valence-electron chi connectivity index (χ0n) is 16.6. The molecular formula is C21H20F3N3O3. The third kappa shape index (κ3) is 3.20. The van der Waals surface area contributed by atoms with Crippen molar-refractivity contribution >= 4 is 5.82 Å². The first-order valence-corrected chi connectivity index (χ1v) is 9.21. The summed E-state index contributed by atoms with van der Waals surface area (Å²) in [6.07, 6.45) is -3.86. The number of nitrogens with zero attached hydrogens (tertiary/aromatic N) is 2. The SMILES string of the molecule is COc1cc(-c2nn(-c3ccccc3C(F)(F)F)c3c2CCN3)cc(OC)c1OC. The van der Waals surface area contributed by atoms with Gasteiger partial charge >= 0.3 is 6.18 Å². The number of anilines is 1.